The van der Waals surface area contributed by atoms with E-state index in [2.05, 4.69) is 5.32 Å². The van der Waals surface area contributed by atoms with Crippen LogP contribution in [0.5, 0.6) is 0 Å². The van der Waals surface area contributed by atoms with Gasteiger partial charge < -0.3 is 5.32 Å². The van der Waals surface area contributed by atoms with Crippen molar-refractivity contribution in [3.63, 3.8) is 0 Å². The van der Waals surface area contributed by atoms with Crippen LogP contribution in [0.2, 0.25) is 5.02 Å². The first-order valence-electron chi connectivity index (χ1n) is 5.08. The Balaban J connectivity index is 3.03. The summed E-state index contributed by atoms with van der Waals surface area (Å²) in [6.07, 6.45) is 0.125. The van der Waals surface area contributed by atoms with Crippen LogP contribution in [0.3, 0.4) is 0 Å². The smallest absolute Gasteiger partial charge is 0.300 e. The van der Waals surface area contributed by atoms with E-state index >= 15 is 0 Å². The predicted molar refractivity (Wildman–Crippen MR) is 65.3 cm³/mol. The topological polar surface area (TPSA) is 96.0 Å². The van der Waals surface area contributed by atoms with Crippen molar-refractivity contribution in [3.8, 4) is 6.07 Å². The van der Waals surface area contributed by atoms with E-state index in [4.69, 9.17) is 16.9 Å². The molecular formula is C11H10ClN3O3. The number of nitro benzene ring substituents is 1. The van der Waals surface area contributed by atoms with Gasteiger partial charge in [-0.3, -0.25) is 14.9 Å². The van der Waals surface area contributed by atoms with Crippen LogP contribution >= 0.6 is 11.6 Å². The normalized spacial score (nSPS) is 11.4. The first-order chi connectivity index (χ1) is 8.47. The van der Waals surface area contributed by atoms with E-state index in [-0.39, 0.29) is 23.0 Å². The quantitative estimate of drug-likeness (QED) is 0.668. The second kappa shape index (κ2) is 5.98. The Hall–Kier alpha value is -2.13. The fourth-order valence-corrected chi connectivity index (χ4v) is 1.62. The average molecular weight is 268 g/mol. The van der Waals surface area contributed by atoms with Crippen LogP contribution in [-0.4, -0.2) is 16.9 Å². The van der Waals surface area contributed by atoms with Gasteiger partial charge in [0.25, 0.3) is 5.91 Å². The summed E-state index contributed by atoms with van der Waals surface area (Å²) < 4.78 is 0. The maximum absolute atomic E-state index is 11.8. The highest BCUT2D eigenvalue weighted by Gasteiger charge is 2.24. The molecule has 7 heteroatoms. The fourth-order valence-electron chi connectivity index (χ4n) is 1.37. The van der Waals surface area contributed by atoms with Crippen LogP contribution in [0.1, 0.15) is 23.7 Å². The number of nitriles is 1. The summed E-state index contributed by atoms with van der Waals surface area (Å²) >= 11 is 5.69. The molecule has 0 spiro atoms. The third-order valence-corrected chi connectivity index (χ3v) is 2.49. The van der Waals surface area contributed by atoms with Gasteiger partial charge in [0.05, 0.1) is 17.4 Å². The molecular weight excluding hydrogens is 258 g/mol. The number of carbonyl (C=O) groups excluding carboxylic acids is 1. The number of carbonyl (C=O) groups is 1. The lowest BCUT2D eigenvalue weighted by molar-refractivity contribution is -0.385. The van der Waals surface area contributed by atoms with Gasteiger partial charge in [-0.25, -0.2) is 0 Å². The van der Waals surface area contributed by atoms with Crippen molar-refractivity contribution in [3.05, 3.63) is 38.9 Å². The molecule has 1 N–H and O–H groups in total. The lowest BCUT2D eigenvalue weighted by Gasteiger charge is -2.10. The minimum atomic E-state index is -0.702. The highest BCUT2D eigenvalue weighted by molar-refractivity contribution is 6.33. The van der Waals surface area contributed by atoms with Crippen molar-refractivity contribution in [1.82, 2.24) is 5.32 Å². The maximum Gasteiger partial charge on any atom is 0.300 e. The fraction of sp³-hybridized carbons (Fsp3) is 0.273. The standard InChI is InChI=1S/C11H10ClN3O3/c1-7(5-6-13)14-11(16)8-3-2-4-9(12)10(8)15(17)18/h2-4,7H,5H2,1H3,(H,14,16). The monoisotopic (exact) mass is 267 g/mol. The van der Waals surface area contributed by atoms with Crippen molar-refractivity contribution < 1.29 is 9.72 Å². The van der Waals surface area contributed by atoms with Crippen LogP contribution in [0.15, 0.2) is 18.2 Å². The summed E-state index contributed by atoms with van der Waals surface area (Å²) in [6, 6.07) is 5.63. The molecule has 0 aliphatic heterocycles. The highest BCUT2D eigenvalue weighted by atomic mass is 35.5. The molecule has 1 atom stereocenters. The van der Waals surface area contributed by atoms with E-state index in [1.165, 1.54) is 18.2 Å². The van der Waals surface area contributed by atoms with Crippen molar-refractivity contribution in [2.45, 2.75) is 19.4 Å². The first kappa shape index (κ1) is 13.9. The van der Waals surface area contributed by atoms with Crippen molar-refractivity contribution in [1.29, 1.82) is 5.26 Å². The molecule has 18 heavy (non-hydrogen) atoms. The molecule has 6 nitrogen and oxygen atoms in total. The average Bonchev–Trinajstić information content (AvgIpc) is 2.28. The molecule has 0 radical (unpaired) electrons. The number of para-hydroxylation sites is 1. The van der Waals surface area contributed by atoms with Crippen LogP contribution in [-0.2, 0) is 0 Å². The molecule has 1 rings (SSSR count). The number of rotatable bonds is 4. The van der Waals surface area contributed by atoms with Gasteiger partial charge >= 0.3 is 5.69 Å². The molecule has 0 fully saturated rings. The summed E-state index contributed by atoms with van der Waals surface area (Å²) in [5.41, 5.74) is -0.543. The van der Waals surface area contributed by atoms with Crippen molar-refractivity contribution >= 4 is 23.2 Å². The Labute approximate surface area is 108 Å². The number of nitrogens with one attached hydrogen (secondary N) is 1. The molecule has 0 heterocycles. The zero-order chi connectivity index (χ0) is 13.7. The molecule has 1 aromatic rings. The third kappa shape index (κ3) is 3.18. The van der Waals surface area contributed by atoms with Gasteiger partial charge in [-0.05, 0) is 19.1 Å². The van der Waals surface area contributed by atoms with Gasteiger partial charge in [0, 0.05) is 6.04 Å². The molecule has 0 aromatic heterocycles. The number of benzene rings is 1. The summed E-state index contributed by atoms with van der Waals surface area (Å²) in [5, 5.41) is 21.7. The van der Waals surface area contributed by atoms with Gasteiger partial charge in [0.15, 0.2) is 0 Å². The number of nitro groups is 1. The van der Waals surface area contributed by atoms with Crippen LogP contribution in [0.25, 0.3) is 0 Å². The van der Waals surface area contributed by atoms with E-state index in [0.717, 1.165) is 0 Å². The Kier molecular flexibility index (Phi) is 4.63. The molecule has 0 bridgehead atoms. The molecule has 1 amide bonds. The molecule has 0 aliphatic rings. The van der Waals surface area contributed by atoms with Crippen LogP contribution in [0.4, 0.5) is 5.69 Å². The summed E-state index contributed by atoms with van der Waals surface area (Å²) in [6.45, 7) is 1.64. The van der Waals surface area contributed by atoms with Gasteiger partial charge in [-0.15, -0.1) is 0 Å². The SMILES string of the molecule is CC(CC#N)NC(=O)c1cccc(Cl)c1[N+](=O)[O-]. The summed E-state index contributed by atoms with van der Waals surface area (Å²) in [7, 11) is 0. The molecule has 94 valence electrons. The Bertz CT molecular complexity index is 525. The maximum atomic E-state index is 11.8. The molecule has 0 saturated heterocycles. The number of hydrogen-bond donors (Lipinski definition) is 1. The van der Waals surface area contributed by atoms with Gasteiger partial charge in [-0.2, -0.15) is 5.26 Å². The first-order valence-corrected chi connectivity index (χ1v) is 5.46. The van der Waals surface area contributed by atoms with Crippen LogP contribution in [0, 0.1) is 21.4 Å². The number of nitrogens with zero attached hydrogens (tertiary/aromatic N) is 2. The van der Waals surface area contributed by atoms with Gasteiger partial charge in [-0.1, -0.05) is 17.7 Å². The minimum Gasteiger partial charge on any atom is -0.348 e. The second-order valence-electron chi connectivity index (χ2n) is 3.63. The Morgan fingerprint density at radius 3 is 2.89 bits per heavy atom. The molecule has 0 saturated carbocycles. The lowest BCUT2D eigenvalue weighted by Crippen LogP contribution is -2.32. The van der Waals surface area contributed by atoms with Crippen LogP contribution < -0.4 is 5.32 Å². The Morgan fingerprint density at radius 2 is 2.33 bits per heavy atom. The van der Waals surface area contributed by atoms with Crippen molar-refractivity contribution in [2.75, 3.05) is 0 Å². The van der Waals surface area contributed by atoms with E-state index in [1.54, 1.807) is 6.92 Å². The Morgan fingerprint density at radius 1 is 1.67 bits per heavy atom. The van der Waals surface area contributed by atoms with Crippen molar-refractivity contribution in [2.24, 2.45) is 0 Å². The van der Waals surface area contributed by atoms with E-state index in [0.29, 0.717) is 0 Å². The van der Waals surface area contributed by atoms with E-state index < -0.39 is 16.5 Å². The second-order valence-corrected chi connectivity index (χ2v) is 4.04. The van der Waals surface area contributed by atoms with Gasteiger partial charge in [0.2, 0.25) is 0 Å². The molecule has 1 unspecified atom stereocenters. The number of hydrogen-bond acceptors (Lipinski definition) is 4. The highest BCUT2D eigenvalue weighted by Crippen LogP contribution is 2.28. The number of amides is 1. The zero-order valence-corrected chi connectivity index (χ0v) is 10.3. The summed E-state index contributed by atoms with van der Waals surface area (Å²) in [5.74, 6) is -0.619. The number of halogens is 1. The zero-order valence-electron chi connectivity index (χ0n) is 9.51. The third-order valence-electron chi connectivity index (χ3n) is 2.19. The minimum absolute atomic E-state index is 0.0967. The molecule has 1 aromatic carbocycles. The summed E-state index contributed by atoms with van der Waals surface area (Å²) in [4.78, 5) is 22.0. The lowest BCUT2D eigenvalue weighted by atomic mass is 10.1. The van der Waals surface area contributed by atoms with Gasteiger partial charge in [0.1, 0.15) is 10.6 Å². The largest absolute Gasteiger partial charge is 0.348 e. The van der Waals surface area contributed by atoms with E-state index in [1.807, 2.05) is 6.07 Å². The van der Waals surface area contributed by atoms with E-state index in [9.17, 15) is 14.9 Å². The molecule has 0 aliphatic carbocycles. The predicted octanol–water partition coefficient (Wildman–Crippen LogP) is 2.28.